The van der Waals surface area contributed by atoms with E-state index in [0.29, 0.717) is 34.0 Å². The fraction of sp³-hybridized carbons (Fsp3) is 0.500. The molecule has 1 aliphatic heterocycles. The van der Waals surface area contributed by atoms with E-state index >= 15 is 0 Å². The highest BCUT2D eigenvalue weighted by molar-refractivity contribution is 6.42. The number of aliphatic carboxylic acids is 2. The van der Waals surface area contributed by atoms with Gasteiger partial charge < -0.3 is 20.3 Å². The zero-order valence-corrected chi connectivity index (χ0v) is 17.0. The van der Waals surface area contributed by atoms with Gasteiger partial charge in [0, 0.05) is 31.2 Å². The van der Waals surface area contributed by atoms with Crippen LogP contribution in [0, 0.1) is 11.8 Å². The molecule has 0 spiro atoms. The Bertz CT molecular complexity index is 690. The summed E-state index contributed by atoms with van der Waals surface area (Å²) in [5, 5.41) is 20.4. The number of benzene rings is 1. The highest BCUT2D eigenvalue weighted by atomic mass is 35.5. The maximum absolute atomic E-state index is 9.55. The minimum absolute atomic E-state index is 0.519. The third-order valence-electron chi connectivity index (χ3n) is 4.73. The molecule has 8 heteroatoms. The van der Waals surface area contributed by atoms with Gasteiger partial charge in [0.25, 0.3) is 0 Å². The van der Waals surface area contributed by atoms with E-state index in [4.69, 9.17) is 38.2 Å². The first kappa shape index (κ1) is 22.7. The van der Waals surface area contributed by atoms with Crippen LogP contribution in [0.2, 0.25) is 10.0 Å². The van der Waals surface area contributed by atoms with E-state index in [1.807, 2.05) is 12.1 Å². The summed E-state index contributed by atoms with van der Waals surface area (Å²) in [5.41, 5.74) is 1.29. The van der Waals surface area contributed by atoms with E-state index in [1.165, 1.54) is 18.4 Å². The number of halogens is 2. The topological polar surface area (TPSA) is 95.9 Å². The van der Waals surface area contributed by atoms with Crippen LogP contribution in [0.25, 0.3) is 0 Å². The predicted molar refractivity (Wildman–Crippen MR) is 108 cm³/mol. The normalized spacial score (nSPS) is 21.8. The molecular formula is C20H25Cl2NO5. The van der Waals surface area contributed by atoms with E-state index in [0.717, 1.165) is 38.6 Å². The van der Waals surface area contributed by atoms with Crippen molar-refractivity contribution in [2.75, 3.05) is 26.3 Å². The number of piperidine rings is 1. The average Bonchev–Trinajstić information content (AvgIpc) is 3.48. The molecule has 2 atom stereocenters. The third-order valence-corrected chi connectivity index (χ3v) is 5.47. The van der Waals surface area contributed by atoms with Crippen LogP contribution in [-0.4, -0.2) is 48.5 Å². The minimum atomic E-state index is -1.26. The molecule has 0 radical (unpaired) electrons. The van der Waals surface area contributed by atoms with Crippen LogP contribution in [0.3, 0.4) is 0 Å². The summed E-state index contributed by atoms with van der Waals surface area (Å²) in [6, 6.07) is 6.04. The average molecular weight is 430 g/mol. The van der Waals surface area contributed by atoms with Crippen molar-refractivity contribution in [2.24, 2.45) is 11.8 Å². The summed E-state index contributed by atoms with van der Waals surface area (Å²) >= 11 is 12.2. The van der Waals surface area contributed by atoms with Gasteiger partial charge in [-0.15, -0.1) is 0 Å². The van der Waals surface area contributed by atoms with Crippen LogP contribution in [0.4, 0.5) is 0 Å². The summed E-state index contributed by atoms with van der Waals surface area (Å²) in [7, 11) is 0. The fourth-order valence-corrected chi connectivity index (χ4v) is 3.40. The van der Waals surface area contributed by atoms with Crippen LogP contribution in [0.15, 0.2) is 30.4 Å². The standard InChI is InChI=1S/C16H21Cl2NO.C4H4O4/c17-15-4-3-12(7-16(15)18)14-5-6-19-8-13(14)10-20-9-11-1-2-11;5-3(6)1-2-4(7)8/h3-4,7,11,13-14,19H,1-2,5-6,8-10H2;1-2H,(H,5,6)(H,7,8)/t13-,14+;/m0./s1. The summed E-state index contributed by atoms with van der Waals surface area (Å²) in [6.07, 6.45) is 4.94. The van der Waals surface area contributed by atoms with Crippen LogP contribution in [-0.2, 0) is 14.3 Å². The van der Waals surface area contributed by atoms with Crippen molar-refractivity contribution in [3.8, 4) is 0 Å². The molecular weight excluding hydrogens is 405 g/mol. The van der Waals surface area contributed by atoms with E-state index in [9.17, 15) is 9.59 Å². The molecule has 2 aliphatic rings. The van der Waals surface area contributed by atoms with Gasteiger partial charge in [0.1, 0.15) is 0 Å². The molecule has 3 rings (SSSR count). The van der Waals surface area contributed by atoms with E-state index in [-0.39, 0.29) is 0 Å². The number of hydrogen-bond donors (Lipinski definition) is 3. The van der Waals surface area contributed by atoms with Crippen molar-refractivity contribution in [3.63, 3.8) is 0 Å². The highest BCUT2D eigenvalue weighted by Gasteiger charge is 2.28. The van der Waals surface area contributed by atoms with Gasteiger partial charge in [-0.2, -0.15) is 0 Å². The number of hydrogen-bond acceptors (Lipinski definition) is 4. The van der Waals surface area contributed by atoms with Gasteiger partial charge in [0.05, 0.1) is 16.7 Å². The lowest BCUT2D eigenvalue weighted by Crippen LogP contribution is -2.38. The molecule has 1 saturated carbocycles. The summed E-state index contributed by atoms with van der Waals surface area (Å²) < 4.78 is 5.90. The second-order valence-electron chi connectivity index (χ2n) is 7.02. The Morgan fingerprint density at radius 2 is 1.75 bits per heavy atom. The molecule has 0 unspecified atom stereocenters. The van der Waals surface area contributed by atoms with Gasteiger partial charge in [-0.25, -0.2) is 9.59 Å². The predicted octanol–water partition coefficient (Wildman–Crippen LogP) is 3.82. The molecule has 0 amide bonds. The smallest absolute Gasteiger partial charge is 0.328 e. The van der Waals surface area contributed by atoms with Crippen LogP contribution < -0.4 is 5.32 Å². The van der Waals surface area contributed by atoms with Crippen LogP contribution in [0.5, 0.6) is 0 Å². The number of ether oxygens (including phenoxy) is 1. The first-order valence-electron chi connectivity index (χ1n) is 9.24. The van der Waals surface area contributed by atoms with Crippen LogP contribution >= 0.6 is 23.2 Å². The lowest BCUT2D eigenvalue weighted by molar-refractivity contribution is -0.134. The Balaban J connectivity index is 0.000000300. The zero-order chi connectivity index (χ0) is 20.5. The molecule has 1 aliphatic carbocycles. The zero-order valence-electron chi connectivity index (χ0n) is 15.4. The van der Waals surface area contributed by atoms with Crippen molar-refractivity contribution in [3.05, 3.63) is 46.0 Å². The number of nitrogens with one attached hydrogen (secondary N) is 1. The highest BCUT2D eigenvalue weighted by Crippen LogP contribution is 2.35. The largest absolute Gasteiger partial charge is 0.478 e. The maximum atomic E-state index is 9.55. The molecule has 1 saturated heterocycles. The van der Waals surface area contributed by atoms with Crippen molar-refractivity contribution >= 4 is 35.1 Å². The van der Waals surface area contributed by atoms with Gasteiger partial charge in [0.15, 0.2) is 0 Å². The van der Waals surface area contributed by atoms with Crippen molar-refractivity contribution in [2.45, 2.75) is 25.2 Å². The number of rotatable bonds is 7. The van der Waals surface area contributed by atoms with Crippen LogP contribution in [0.1, 0.15) is 30.7 Å². The van der Waals surface area contributed by atoms with Gasteiger partial charge >= 0.3 is 11.9 Å². The van der Waals surface area contributed by atoms with Gasteiger partial charge in [-0.3, -0.25) is 0 Å². The quantitative estimate of drug-likeness (QED) is 0.570. The maximum Gasteiger partial charge on any atom is 0.328 e. The molecule has 3 N–H and O–H groups in total. The third kappa shape index (κ3) is 8.19. The Morgan fingerprint density at radius 1 is 1.07 bits per heavy atom. The first-order chi connectivity index (χ1) is 13.4. The number of carboxylic acids is 2. The van der Waals surface area contributed by atoms with Crippen molar-refractivity contribution in [1.82, 2.24) is 5.32 Å². The molecule has 1 heterocycles. The molecule has 1 aromatic carbocycles. The first-order valence-corrected chi connectivity index (χ1v) is 9.99. The summed E-state index contributed by atoms with van der Waals surface area (Å²) in [4.78, 5) is 19.1. The Kier molecular flexibility index (Phi) is 9.25. The molecule has 0 bridgehead atoms. The lowest BCUT2D eigenvalue weighted by atomic mass is 9.81. The molecule has 28 heavy (non-hydrogen) atoms. The molecule has 0 aromatic heterocycles. The monoisotopic (exact) mass is 429 g/mol. The number of carbonyl (C=O) groups is 2. The Morgan fingerprint density at radius 3 is 2.32 bits per heavy atom. The lowest BCUT2D eigenvalue weighted by Gasteiger charge is -2.32. The van der Waals surface area contributed by atoms with E-state index in [1.54, 1.807) is 0 Å². The van der Waals surface area contributed by atoms with Gasteiger partial charge in [-0.1, -0.05) is 29.3 Å². The van der Waals surface area contributed by atoms with E-state index in [2.05, 4.69) is 11.4 Å². The van der Waals surface area contributed by atoms with E-state index < -0.39 is 11.9 Å². The second-order valence-corrected chi connectivity index (χ2v) is 7.84. The minimum Gasteiger partial charge on any atom is -0.478 e. The molecule has 1 aromatic rings. The van der Waals surface area contributed by atoms with Crippen molar-refractivity contribution < 1.29 is 24.5 Å². The molecule has 2 fully saturated rings. The number of carboxylic acid groups (broad SMARTS) is 2. The Hall–Kier alpha value is -1.60. The second kappa shape index (κ2) is 11.4. The summed E-state index contributed by atoms with van der Waals surface area (Å²) in [5.74, 6) is -0.639. The molecule has 6 nitrogen and oxygen atoms in total. The Labute approximate surface area is 174 Å². The van der Waals surface area contributed by atoms with Gasteiger partial charge in [0.2, 0.25) is 0 Å². The summed E-state index contributed by atoms with van der Waals surface area (Å²) in [6.45, 7) is 3.86. The molecule has 154 valence electrons. The SMILES string of the molecule is Clc1ccc([C@H]2CCNC[C@H]2COCC2CC2)cc1Cl.O=C(O)C=CC(=O)O. The van der Waals surface area contributed by atoms with Crippen molar-refractivity contribution in [1.29, 1.82) is 0 Å². The van der Waals surface area contributed by atoms with Gasteiger partial charge in [-0.05, 0) is 55.3 Å². The fourth-order valence-electron chi connectivity index (χ4n) is 3.09.